The monoisotopic (exact) mass is 259 g/mol. The first-order chi connectivity index (χ1) is 9.29. The quantitative estimate of drug-likeness (QED) is 0.837. The molecule has 5 nitrogen and oxygen atoms in total. The number of nitrogens with one attached hydrogen (secondary N) is 1. The molecule has 3 rings (SSSR count). The fraction of sp³-hybridized carbons (Fsp3) is 0.429. The Morgan fingerprint density at radius 3 is 2.74 bits per heavy atom. The summed E-state index contributed by atoms with van der Waals surface area (Å²) in [4.78, 5) is 16.6. The molecule has 5 heteroatoms. The van der Waals surface area contributed by atoms with Gasteiger partial charge in [0.05, 0.1) is 12.3 Å². The van der Waals surface area contributed by atoms with Gasteiger partial charge in [-0.2, -0.15) is 0 Å². The second-order valence-corrected chi connectivity index (χ2v) is 4.90. The molecule has 1 aliphatic heterocycles. The maximum absolute atomic E-state index is 12.2. The fourth-order valence-corrected chi connectivity index (χ4v) is 2.67. The van der Waals surface area contributed by atoms with Gasteiger partial charge < -0.3 is 10.4 Å². The third-order valence-electron chi connectivity index (χ3n) is 3.67. The SMILES string of the molecule is O=c1ccc2ccc(CO)nc2n1C1CCNCC1. The minimum absolute atomic E-state index is 0.0120. The molecule has 0 aromatic carbocycles. The number of nitrogens with zero attached hydrogens (tertiary/aromatic N) is 2. The van der Waals surface area contributed by atoms with E-state index >= 15 is 0 Å². The average molecular weight is 259 g/mol. The van der Waals surface area contributed by atoms with Crippen LogP contribution in [0.25, 0.3) is 11.0 Å². The van der Waals surface area contributed by atoms with Crippen molar-refractivity contribution in [3.63, 3.8) is 0 Å². The largest absolute Gasteiger partial charge is 0.390 e. The molecule has 0 aliphatic carbocycles. The molecule has 100 valence electrons. The van der Waals surface area contributed by atoms with Crippen molar-refractivity contribution >= 4 is 11.0 Å². The Morgan fingerprint density at radius 2 is 2.00 bits per heavy atom. The van der Waals surface area contributed by atoms with Crippen LogP contribution >= 0.6 is 0 Å². The predicted octanol–water partition coefficient (Wildman–Crippen LogP) is 0.813. The number of pyridine rings is 2. The first-order valence-corrected chi connectivity index (χ1v) is 6.62. The van der Waals surface area contributed by atoms with E-state index in [1.165, 1.54) is 0 Å². The summed E-state index contributed by atoms with van der Waals surface area (Å²) in [6.07, 6.45) is 1.87. The number of aliphatic hydroxyl groups is 1. The summed E-state index contributed by atoms with van der Waals surface area (Å²) in [5.41, 5.74) is 1.27. The van der Waals surface area contributed by atoms with Crippen molar-refractivity contribution in [2.75, 3.05) is 13.1 Å². The van der Waals surface area contributed by atoms with Crippen molar-refractivity contribution in [1.82, 2.24) is 14.9 Å². The maximum atomic E-state index is 12.2. The highest BCUT2D eigenvalue weighted by Gasteiger charge is 2.18. The molecule has 1 aliphatic rings. The molecule has 19 heavy (non-hydrogen) atoms. The molecule has 0 spiro atoms. The molecule has 0 amide bonds. The van der Waals surface area contributed by atoms with Crippen LogP contribution in [-0.4, -0.2) is 27.7 Å². The van der Waals surface area contributed by atoms with Gasteiger partial charge in [0.2, 0.25) is 0 Å². The minimum Gasteiger partial charge on any atom is -0.390 e. The van der Waals surface area contributed by atoms with Crippen LogP contribution in [0.2, 0.25) is 0 Å². The van der Waals surface area contributed by atoms with Gasteiger partial charge in [0, 0.05) is 17.5 Å². The predicted molar refractivity (Wildman–Crippen MR) is 73.1 cm³/mol. The number of fused-ring (bicyclic) bond motifs is 1. The third kappa shape index (κ3) is 2.27. The van der Waals surface area contributed by atoms with E-state index in [2.05, 4.69) is 10.3 Å². The van der Waals surface area contributed by atoms with Crippen molar-refractivity contribution in [1.29, 1.82) is 0 Å². The highest BCUT2D eigenvalue weighted by Crippen LogP contribution is 2.21. The Hall–Kier alpha value is -1.72. The van der Waals surface area contributed by atoms with Gasteiger partial charge in [0.1, 0.15) is 5.65 Å². The molecule has 0 radical (unpaired) electrons. The molecular formula is C14H17N3O2. The van der Waals surface area contributed by atoms with Gasteiger partial charge in [0.25, 0.3) is 5.56 Å². The van der Waals surface area contributed by atoms with E-state index in [4.69, 9.17) is 0 Å². The summed E-state index contributed by atoms with van der Waals surface area (Å²) in [5.74, 6) is 0. The van der Waals surface area contributed by atoms with E-state index in [0.29, 0.717) is 11.3 Å². The number of hydrogen-bond donors (Lipinski definition) is 2. The minimum atomic E-state index is -0.106. The fourth-order valence-electron chi connectivity index (χ4n) is 2.67. The van der Waals surface area contributed by atoms with E-state index in [1.54, 1.807) is 22.8 Å². The lowest BCUT2D eigenvalue weighted by Gasteiger charge is -2.25. The smallest absolute Gasteiger partial charge is 0.252 e. The molecule has 1 fully saturated rings. The molecule has 1 saturated heterocycles. The van der Waals surface area contributed by atoms with Crippen LogP contribution in [0.3, 0.4) is 0 Å². The standard InChI is InChI=1S/C14H17N3O2/c18-9-11-3-1-10-2-4-13(19)17(14(10)16-11)12-5-7-15-8-6-12/h1-4,12,15,18H,5-9H2. The highest BCUT2D eigenvalue weighted by molar-refractivity contribution is 5.75. The number of piperidine rings is 1. The number of aromatic nitrogens is 2. The van der Waals surface area contributed by atoms with Crippen LogP contribution in [0.15, 0.2) is 29.1 Å². The van der Waals surface area contributed by atoms with Crippen LogP contribution in [0.5, 0.6) is 0 Å². The van der Waals surface area contributed by atoms with Gasteiger partial charge >= 0.3 is 0 Å². The Morgan fingerprint density at radius 1 is 1.26 bits per heavy atom. The lowest BCUT2D eigenvalue weighted by Crippen LogP contribution is -2.34. The molecule has 0 unspecified atom stereocenters. The zero-order chi connectivity index (χ0) is 13.2. The number of rotatable bonds is 2. The van der Waals surface area contributed by atoms with E-state index in [1.807, 2.05) is 6.07 Å². The maximum Gasteiger partial charge on any atom is 0.252 e. The Bertz CT molecular complexity index is 645. The summed E-state index contributed by atoms with van der Waals surface area (Å²) in [6.45, 7) is 1.74. The van der Waals surface area contributed by atoms with Crippen LogP contribution in [0.4, 0.5) is 0 Å². The topological polar surface area (TPSA) is 67.1 Å². The summed E-state index contributed by atoms with van der Waals surface area (Å²) in [7, 11) is 0. The van der Waals surface area contributed by atoms with E-state index in [9.17, 15) is 9.90 Å². The van der Waals surface area contributed by atoms with Crippen molar-refractivity contribution in [3.05, 3.63) is 40.3 Å². The molecule has 2 aromatic rings. The lowest BCUT2D eigenvalue weighted by molar-refractivity contribution is 0.277. The summed E-state index contributed by atoms with van der Waals surface area (Å²) >= 11 is 0. The molecule has 0 atom stereocenters. The van der Waals surface area contributed by atoms with E-state index in [0.717, 1.165) is 31.3 Å². The summed E-state index contributed by atoms with van der Waals surface area (Å²) < 4.78 is 1.79. The van der Waals surface area contributed by atoms with Crippen LogP contribution in [0.1, 0.15) is 24.6 Å². The summed E-state index contributed by atoms with van der Waals surface area (Å²) in [6, 6.07) is 7.29. The van der Waals surface area contributed by atoms with Gasteiger partial charge in [-0.1, -0.05) is 0 Å². The van der Waals surface area contributed by atoms with Gasteiger partial charge in [-0.05, 0) is 44.1 Å². The van der Waals surface area contributed by atoms with Crippen LogP contribution in [0, 0.1) is 0 Å². The van der Waals surface area contributed by atoms with E-state index < -0.39 is 0 Å². The Balaban J connectivity index is 2.19. The van der Waals surface area contributed by atoms with Gasteiger partial charge in [0.15, 0.2) is 0 Å². The highest BCUT2D eigenvalue weighted by atomic mass is 16.3. The average Bonchev–Trinajstić information content (AvgIpc) is 2.47. The number of aliphatic hydroxyl groups excluding tert-OH is 1. The molecule has 0 saturated carbocycles. The van der Waals surface area contributed by atoms with Crippen molar-refractivity contribution in [3.8, 4) is 0 Å². The lowest BCUT2D eigenvalue weighted by atomic mass is 10.1. The molecule has 2 aromatic heterocycles. The van der Waals surface area contributed by atoms with Gasteiger partial charge in [-0.25, -0.2) is 4.98 Å². The van der Waals surface area contributed by atoms with Gasteiger partial charge in [-0.3, -0.25) is 9.36 Å². The Kier molecular flexibility index (Phi) is 3.31. The summed E-state index contributed by atoms with van der Waals surface area (Å²) in [5, 5.41) is 13.4. The second kappa shape index (κ2) is 5.11. The first-order valence-electron chi connectivity index (χ1n) is 6.62. The second-order valence-electron chi connectivity index (χ2n) is 4.90. The van der Waals surface area contributed by atoms with Crippen LogP contribution < -0.4 is 10.9 Å². The zero-order valence-electron chi connectivity index (χ0n) is 10.7. The normalized spacial score (nSPS) is 16.9. The molecule has 3 heterocycles. The number of hydrogen-bond acceptors (Lipinski definition) is 4. The van der Waals surface area contributed by atoms with Crippen molar-refractivity contribution in [2.24, 2.45) is 0 Å². The zero-order valence-corrected chi connectivity index (χ0v) is 10.7. The van der Waals surface area contributed by atoms with Gasteiger partial charge in [-0.15, -0.1) is 0 Å². The van der Waals surface area contributed by atoms with E-state index in [-0.39, 0.29) is 18.2 Å². The molecule has 0 bridgehead atoms. The molecule has 2 N–H and O–H groups in total. The van der Waals surface area contributed by atoms with Crippen LogP contribution in [-0.2, 0) is 6.61 Å². The molecular weight excluding hydrogens is 242 g/mol. The van der Waals surface area contributed by atoms with Crippen molar-refractivity contribution in [2.45, 2.75) is 25.5 Å². The Labute approximate surface area is 110 Å². The van der Waals surface area contributed by atoms with Crippen molar-refractivity contribution < 1.29 is 5.11 Å². The first kappa shape index (κ1) is 12.3. The third-order valence-corrected chi connectivity index (χ3v) is 3.67.